The first-order valence-corrected chi connectivity index (χ1v) is 6.83. The maximum atomic E-state index is 12.0. The molecule has 0 spiro atoms. The predicted molar refractivity (Wildman–Crippen MR) is 64.5 cm³/mol. The van der Waals surface area contributed by atoms with Gasteiger partial charge in [-0.3, -0.25) is 0 Å². The molecule has 98 valence electrons. The summed E-state index contributed by atoms with van der Waals surface area (Å²) >= 11 is 5.83. The first-order chi connectivity index (χ1) is 9.03. The molecular formula is C10H7ClN4O3S. The molecule has 1 heterocycles. The molecule has 7 nitrogen and oxygen atoms in total. The summed E-state index contributed by atoms with van der Waals surface area (Å²) in [5, 5.41) is 12.1. The molecule has 9 heteroatoms. The number of hydrogen-bond acceptors (Lipinski definition) is 6. The van der Waals surface area contributed by atoms with Gasteiger partial charge in [0.15, 0.2) is 5.82 Å². The first-order valence-electron chi connectivity index (χ1n) is 4.97. The minimum atomic E-state index is -3.81. The summed E-state index contributed by atoms with van der Waals surface area (Å²) in [6, 6.07) is 5.78. The SMILES string of the molecule is N#Cc1ccc(S(=O)(=O)NCc2ncon2)c(Cl)c1. The van der Waals surface area contributed by atoms with Gasteiger partial charge in [-0.25, -0.2) is 13.1 Å². The Morgan fingerprint density at radius 2 is 2.26 bits per heavy atom. The quantitative estimate of drug-likeness (QED) is 0.904. The van der Waals surface area contributed by atoms with Crippen LogP contribution in [-0.4, -0.2) is 18.6 Å². The molecule has 2 rings (SSSR count). The summed E-state index contributed by atoms with van der Waals surface area (Å²) in [4.78, 5) is 3.57. The molecule has 0 saturated heterocycles. The second kappa shape index (κ2) is 5.36. The summed E-state index contributed by atoms with van der Waals surface area (Å²) in [6.45, 7) is -0.116. The molecule has 0 unspecified atom stereocenters. The Balaban J connectivity index is 2.22. The number of nitriles is 1. The lowest BCUT2D eigenvalue weighted by Crippen LogP contribution is -2.24. The highest BCUT2D eigenvalue weighted by atomic mass is 35.5. The molecule has 0 radical (unpaired) electrons. The number of aromatic nitrogens is 2. The minimum absolute atomic E-state index is 0.0281. The second-order valence-corrected chi connectivity index (χ2v) is 5.57. The minimum Gasteiger partial charge on any atom is -0.343 e. The van der Waals surface area contributed by atoms with Gasteiger partial charge in [0, 0.05) is 0 Å². The summed E-state index contributed by atoms with van der Waals surface area (Å²) in [5.41, 5.74) is 0.280. The van der Waals surface area contributed by atoms with E-state index in [0.717, 1.165) is 6.39 Å². The molecule has 2 aromatic rings. The van der Waals surface area contributed by atoms with Crippen LogP contribution in [0.15, 0.2) is 34.0 Å². The van der Waals surface area contributed by atoms with Gasteiger partial charge in [0.1, 0.15) is 4.90 Å². The van der Waals surface area contributed by atoms with Gasteiger partial charge in [0.05, 0.1) is 23.2 Å². The average molecular weight is 299 g/mol. The molecule has 0 aliphatic rings. The van der Waals surface area contributed by atoms with Crippen LogP contribution >= 0.6 is 11.6 Å². The number of rotatable bonds is 4. The molecule has 0 aliphatic carbocycles. The topological polar surface area (TPSA) is 109 Å². The Hall–Kier alpha value is -1.95. The third kappa shape index (κ3) is 3.08. The zero-order valence-electron chi connectivity index (χ0n) is 9.37. The molecule has 0 fully saturated rings. The van der Waals surface area contributed by atoms with E-state index in [4.69, 9.17) is 16.9 Å². The molecule has 0 aliphatic heterocycles. The second-order valence-electron chi connectivity index (χ2n) is 3.43. The van der Waals surface area contributed by atoms with E-state index in [1.165, 1.54) is 18.2 Å². The van der Waals surface area contributed by atoms with Crippen molar-refractivity contribution in [3.8, 4) is 6.07 Å². The van der Waals surface area contributed by atoms with Crippen LogP contribution < -0.4 is 4.72 Å². The van der Waals surface area contributed by atoms with E-state index in [1.807, 2.05) is 6.07 Å². The van der Waals surface area contributed by atoms with Crippen LogP contribution in [0.5, 0.6) is 0 Å². The number of nitrogens with one attached hydrogen (secondary N) is 1. The highest BCUT2D eigenvalue weighted by Gasteiger charge is 2.18. The van der Waals surface area contributed by atoms with Crippen molar-refractivity contribution in [2.24, 2.45) is 0 Å². The Bertz CT molecular complexity index is 722. The summed E-state index contributed by atoms with van der Waals surface area (Å²) in [5.74, 6) is 0.202. The van der Waals surface area contributed by atoms with Crippen molar-refractivity contribution >= 4 is 21.6 Å². The van der Waals surface area contributed by atoms with Crippen LogP contribution in [0.25, 0.3) is 0 Å². The van der Waals surface area contributed by atoms with Gasteiger partial charge >= 0.3 is 0 Å². The normalized spacial score (nSPS) is 11.2. The highest BCUT2D eigenvalue weighted by Crippen LogP contribution is 2.22. The van der Waals surface area contributed by atoms with E-state index >= 15 is 0 Å². The van der Waals surface area contributed by atoms with Crippen molar-refractivity contribution in [1.29, 1.82) is 5.26 Å². The van der Waals surface area contributed by atoms with Crippen LogP contribution in [-0.2, 0) is 16.6 Å². The maximum absolute atomic E-state index is 12.0. The van der Waals surface area contributed by atoms with E-state index in [-0.39, 0.29) is 27.9 Å². The summed E-state index contributed by atoms with van der Waals surface area (Å²) in [6.07, 6.45) is 1.10. The molecule has 0 amide bonds. The van der Waals surface area contributed by atoms with E-state index in [9.17, 15) is 8.42 Å². The molecule has 1 aromatic carbocycles. The molecule has 0 atom stereocenters. The highest BCUT2D eigenvalue weighted by molar-refractivity contribution is 7.89. The van der Waals surface area contributed by atoms with Crippen molar-refractivity contribution in [2.75, 3.05) is 0 Å². The Kier molecular flexibility index (Phi) is 3.80. The molecule has 1 N–H and O–H groups in total. The van der Waals surface area contributed by atoms with Crippen molar-refractivity contribution in [2.45, 2.75) is 11.4 Å². The first kappa shape index (κ1) is 13.5. The fourth-order valence-corrected chi connectivity index (χ4v) is 2.82. The monoisotopic (exact) mass is 298 g/mol. The lowest BCUT2D eigenvalue weighted by atomic mass is 10.2. The number of halogens is 1. The standard InChI is InChI=1S/C10H7ClN4O3S/c11-8-3-7(4-12)1-2-9(8)19(16,17)14-5-10-13-6-18-15-10/h1-3,6,14H,5H2. The fourth-order valence-electron chi connectivity index (χ4n) is 1.30. The van der Waals surface area contributed by atoms with Crippen LogP contribution in [0.3, 0.4) is 0 Å². The Labute approximate surface area is 113 Å². The third-order valence-corrected chi connectivity index (χ3v) is 4.06. The van der Waals surface area contributed by atoms with Gasteiger partial charge in [-0.2, -0.15) is 10.2 Å². The van der Waals surface area contributed by atoms with Crippen LogP contribution in [0.2, 0.25) is 5.02 Å². The van der Waals surface area contributed by atoms with Crippen molar-refractivity contribution in [3.05, 3.63) is 41.0 Å². The lowest BCUT2D eigenvalue weighted by molar-refractivity contribution is 0.409. The predicted octanol–water partition coefficient (Wildman–Crippen LogP) is 1.07. The molecular weight excluding hydrogens is 292 g/mol. The lowest BCUT2D eigenvalue weighted by Gasteiger charge is -2.06. The zero-order chi connectivity index (χ0) is 13.9. The van der Waals surface area contributed by atoms with E-state index < -0.39 is 10.0 Å². The number of benzene rings is 1. The van der Waals surface area contributed by atoms with Crippen molar-refractivity contribution < 1.29 is 12.9 Å². The molecule has 19 heavy (non-hydrogen) atoms. The summed E-state index contributed by atoms with van der Waals surface area (Å²) in [7, 11) is -3.81. The van der Waals surface area contributed by atoms with Crippen LogP contribution in [0, 0.1) is 11.3 Å². The van der Waals surface area contributed by atoms with E-state index in [1.54, 1.807) is 0 Å². The zero-order valence-corrected chi connectivity index (χ0v) is 10.9. The van der Waals surface area contributed by atoms with Crippen LogP contribution in [0.4, 0.5) is 0 Å². The van der Waals surface area contributed by atoms with Gasteiger partial charge in [-0.1, -0.05) is 16.8 Å². The third-order valence-electron chi connectivity index (χ3n) is 2.18. The van der Waals surface area contributed by atoms with E-state index in [0.29, 0.717) is 0 Å². The van der Waals surface area contributed by atoms with Crippen molar-refractivity contribution in [3.63, 3.8) is 0 Å². The Morgan fingerprint density at radius 3 is 2.84 bits per heavy atom. The maximum Gasteiger partial charge on any atom is 0.242 e. The van der Waals surface area contributed by atoms with Gasteiger partial charge in [-0.15, -0.1) is 0 Å². The van der Waals surface area contributed by atoms with Gasteiger partial charge < -0.3 is 4.52 Å². The smallest absolute Gasteiger partial charge is 0.242 e. The van der Waals surface area contributed by atoms with Gasteiger partial charge in [0.2, 0.25) is 16.4 Å². The molecule has 0 saturated carbocycles. The molecule has 1 aromatic heterocycles. The fraction of sp³-hybridized carbons (Fsp3) is 0.100. The summed E-state index contributed by atoms with van der Waals surface area (Å²) < 4.78 is 30.7. The van der Waals surface area contributed by atoms with E-state index in [2.05, 4.69) is 19.4 Å². The Morgan fingerprint density at radius 1 is 1.47 bits per heavy atom. The van der Waals surface area contributed by atoms with Crippen LogP contribution in [0.1, 0.15) is 11.4 Å². The van der Waals surface area contributed by atoms with Gasteiger partial charge in [0.25, 0.3) is 0 Å². The largest absolute Gasteiger partial charge is 0.343 e. The average Bonchev–Trinajstić information content (AvgIpc) is 2.89. The number of nitrogens with zero attached hydrogens (tertiary/aromatic N) is 3. The number of sulfonamides is 1. The molecule has 0 bridgehead atoms. The number of hydrogen-bond donors (Lipinski definition) is 1. The van der Waals surface area contributed by atoms with Crippen molar-refractivity contribution in [1.82, 2.24) is 14.9 Å². The van der Waals surface area contributed by atoms with Gasteiger partial charge in [-0.05, 0) is 18.2 Å².